The Kier molecular flexibility index (Phi) is 3.99. The Morgan fingerprint density at radius 3 is 3.00 bits per heavy atom. The van der Waals surface area contributed by atoms with Gasteiger partial charge in [0.2, 0.25) is 0 Å². The van der Waals surface area contributed by atoms with Crippen molar-refractivity contribution in [3.8, 4) is 0 Å². The summed E-state index contributed by atoms with van der Waals surface area (Å²) in [6, 6.07) is 0.657. The van der Waals surface area contributed by atoms with Gasteiger partial charge < -0.3 is 5.32 Å². The van der Waals surface area contributed by atoms with Crippen LogP contribution in [-0.2, 0) is 12.8 Å². The van der Waals surface area contributed by atoms with Gasteiger partial charge in [-0.3, -0.25) is 5.10 Å². The number of aromatic amines is 1. The Hall–Kier alpha value is -0.830. The van der Waals surface area contributed by atoms with Crippen LogP contribution in [0.1, 0.15) is 44.4 Å². The molecule has 1 aliphatic carbocycles. The molecule has 1 aliphatic rings. The van der Waals surface area contributed by atoms with E-state index in [1.807, 2.05) is 6.20 Å². The van der Waals surface area contributed by atoms with Gasteiger partial charge in [-0.2, -0.15) is 5.10 Å². The molecule has 1 aromatic heterocycles. The van der Waals surface area contributed by atoms with Gasteiger partial charge in [-0.05, 0) is 43.7 Å². The van der Waals surface area contributed by atoms with E-state index in [9.17, 15) is 0 Å². The molecule has 0 aliphatic heterocycles. The van der Waals surface area contributed by atoms with Crippen molar-refractivity contribution in [3.05, 3.63) is 17.5 Å². The van der Waals surface area contributed by atoms with Gasteiger partial charge in [-0.1, -0.05) is 20.3 Å². The lowest BCUT2D eigenvalue weighted by Crippen LogP contribution is -2.42. The summed E-state index contributed by atoms with van der Waals surface area (Å²) in [4.78, 5) is 0. The molecule has 16 heavy (non-hydrogen) atoms. The van der Waals surface area contributed by atoms with E-state index in [-0.39, 0.29) is 0 Å². The van der Waals surface area contributed by atoms with Crippen molar-refractivity contribution in [1.29, 1.82) is 0 Å². The number of hydrogen-bond donors (Lipinski definition) is 2. The van der Waals surface area contributed by atoms with Gasteiger partial charge in [0.1, 0.15) is 0 Å². The third kappa shape index (κ3) is 2.46. The van der Waals surface area contributed by atoms with Crippen LogP contribution in [0, 0.1) is 5.92 Å². The lowest BCUT2D eigenvalue weighted by atomic mass is 9.81. The highest BCUT2D eigenvalue weighted by Gasteiger charge is 2.28. The summed E-state index contributed by atoms with van der Waals surface area (Å²) in [5, 5.41) is 11.0. The Morgan fingerprint density at radius 1 is 1.38 bits per heavy atom. The van der Waals surface area contributed by atoms with E-state index in [4.69, 9.17) is 0 Å². The van der Waals surface area contributed by atoms with Crippen molar-refractivity contribution in [3.63, 3.8) is 0 Å². The van der Waals surface area contributed by atoms with Crippen LogP contribution in [0.2, 0.25) is 0 Å². The van der Waals surface area contributed by atoms with Crippen molar-refractivity contribution >= 4 is 0 Å². The average molecular weight is 221 g/mol. The maximum Gasteiger partial charge on any atom is 0.0522 e. The second kappa shape index (κ2) is 5.48. The number of aromatic nitrogens is 2. The Labute approximate surface area is 98.0 Å². The molecule has 3 nitrogen and oxygen atoms in total. The fourth-order valence-electron chi connectivity index (χ4n) is 2.74. The van der Waals surface area contributed by atoms with E-state index in [1.54, 1.807) is 0 Å². The van der Waals surface area contributed by atoms with Crippen molar-refractivity contribution in [2.75, 3.05) is 6.54 Å². The van der Waals surface area contributed by atoms with Crippen LogP contribution < -0.4 is 5.32 Å². The molecule has 0 amide bonds. The number of hydrogen-bond acceptors (Lipinski definition) is 2. The van der Waals surface area contributed by atoms with Crippen LogP contribution in [0.4, 0.5) is 0 Å². The van der Waals surface area contributed by atoms with E-state index < -0.39 is 0 Å². The maximum absolute atomic E-state index is 4.16. The molecule has 0 aromatic carbocycles. The molecule has 1 aromatic rings. The Balaban J connectivity index is 2.04. The molecule has 0 spiro atoms. The molecule has 3 heteroatoms. The van der Waals surface area contributed by atoms with Gasteiger partial charge >= 0.3 is 0 Å². The number of H-pyrrole nitrogens is 1. The van der Waals surface area contributed by atoms with E-state index in [2.05, 4.69) is 29.4 Å². The fourth-order valence-corrected chi connectivity index (χ4v) is 2.74. The molecule has 0 bridgehead atoms. The molecule has 2 rings (SSSR count). The summed E-state index contributed by atoms with van der Waals surface area (Å²) in [5.41, 5.74) is 2.79. The second-order valence-electron chi connectivity index (χ2n) is 4.89. The molecule has 0 radical (unpaired) electrons. The van der Waals surface area contributed by atoms with Crippen molar-refractivity contribution in [1.82, 2.24) is 15.5 Å². The van der Waals surface area contributed by atoms with Gasteiger partial charge in [-0.15, -0.1) is 0 Å². The van der Waals surface area contributed by atoms with Crippen LogP contribution in [0.3, 0.4) is 0 Å². The quantitative estimate of drug-likeness (QED) is 0.801. The third-order valence-electron chi connectivity index (χ3n) is 3.60. The molecule has 0 saturated heterocycles. The predicted molar refractivity (Wildman–Crippen MR) is 66.5 cm³/mol. The van der Waals surface area contributed by atoms with Crippen LogP contribution in [0.25, 0.3) is 0 Å². The Morgan fingerprint density at radius 2 is 2.25 bits per heavy atom. The van der Waals surface area contributed by atoms with Crippen LogP contribution >= 0.6 is 0 Å². The van der Waals surface area contributed by atoms with Gasteiger partial charge in [0.15, 0.2) is 0 Å². The molecule has 0 saturated carbocycles. The average Bonchev–Trinajstić information content (AvgIpc) is 2.73. The number of nitrogens with one attached hydrogen (secondary N) is 2. The predicted octanol–water partition coefficient (Wildman–Crippen LogP) is 2.29. The summed E-state index contributed by atoms with van der Waals surface area (Å²) in [5.74, 6) is 0.782. The topological polar surface area (TPSA) is 40.7 Å². The molecular weight excluding hydrogens is 198 g/mol. The van der Waals surface area contributed by atoms with E-state index in [0.717, 1.165) is 18.9 Å². The summed E-state index contributed by atoms with van der Waals surface area (Å²) in [7, 11) is 0. The zero-order valence-electron chi connectivity index (χ0n) is 10.4. The van der Waals surface area contributed by atoms with Gasteiger partial charge in [0.25, 0.3) is 0 Å². The van der Waals surface area contributed by atoms with Gasteiger partial charge in [0.05, 0.1) is 6.20 Å². The monoisotopic (exact) mass is 221 g/mol. The lowest BCUT2D eigenvalue weighted by molar-refractivity contribution is 0.308. The standard InChI is InChI=1S/C13H23N3/c1-3-5-10-7-13-11(9-15-16-13)8-12(10)14-6-4-2/h9-10,12,14H,3-8H2,1-2H3,(H,15,16)/t10-,12-/m1/s1. The summed E-state index contributed by atoms with van der Waals surface area (Å²) >= 11 is 0. The highest BCUT2D eigenvalue weighted by atomic mass is 15.1. The highest BCUT2D eigenvalue weighted by molar-refractivity contribution is 5.22. The normalized spacial score (nSPS) is 24.4. The molecule has 2 atom stereocenters. The summed E-state index contributed by atoms with van der Waals surface area (Å²) in [6.07, 6.45) is 8.13. The Bertz CT molecular complexity index is 319. The minimum atomic E-state index is 0.657. The smallest absolute Gasteiger partial charge is 0.0522 e. The first-order chi connectivity index (χ1) is 7.85. The molecule has 2 N–H and O–H groups in total. The van der Waals surface area contributed by atoms with Crippen LogP contribution in [-0.4, -0.2) is 22.8 Å². The van der Waals surface area contributed by atoms with Crippen molar-refractivity contribution in [2.45, 2.75) is 52.0 Å². The number of fused-ring (bicyclic) bond motifs is 1. The number of rotatable bonds is 5. The zero-order chi connectivity index (χ0) is 11.4. The zero-order valence-corrected chi connectivity index (χ0v) is 10.4. The van der Waals surface area contributed by atoms with Crippen LogP contribution in [0.15, 0.2) is 6.20 Å². The molecule has 1 heterocycles. The largest absolute Gasteiger partial charge is 0.313 e. The number of nitrogens with zero attached hydrogens (tertiary/aromatic N) is 1. The molecular formula is C13H23N3. The first-order valence-corrected chi connectivity index (χ1v) is 6.59. The van der Waals surface area contributed by atoms with Crippen molar-refractivity contribution in [2.24, 2.45) is 5.92 Å². The van der Waals surface area contributed by atoms with Gasteiger partial charge in [0, 0.05) is 11.7 Å². The summed E-state index contributed by atoms with van der Waals surface area (Å²) in [6.45, 7) is 5.64. The molecule has 0 unspecified atom stereocenters. The minimum absolute atomic E-state index is 0.657. The highest BCUT2D eigenvalue weighted by Crippen LogP contribution is 2.27. The van der Waals surface area contributed by atoms with E-state index in [1.165, 1.54) is 36.9 Å². The van der Waals surface area contributed by atoms with E-state index >= 15 is 0 Å². The van der Waals surface area contributed by atoms with Crippen LogP contribution in [0.5, 0.6) is 0 Å². The fraction of sp³-hybridized carbons (Fsp3) is 0.769. The minimum Gasteiger partial charge on any atom is -0.313 e. The lowest BCUT2D eigenvalue weighted by Gasteiger charge is -2.32. The molecule has 90 valence electrons. The third-order valence-corrected chi connectivity index (χ3v) is 3.60. The van der Waals surface area contributed by atoms with Gasteiger partial charge in [-0.25, -0.2) is 0 Å². The SMILES string of the molecule is CCCN[C@@H]1Cc2cn[nH]c2C[C@H]1CCC. The second-order valence-corrected chi connectivity index (χ2v) is 4.89. The van der Waals surface area contributed by atoms with Crippen molar-refractivity contribution < 1.29 is 0 Å². The first kappa shape index (κ1) is 11.6. The maximum atomic E-state index is 4.16. The first-order valence-electron chi connectivity index (χ1n) is 6.59. The van der Waals surface area contributed by atoms with E-state index in [0.29, 0.717) is 6.04 Å². The summed E-state index contributed by atoms with van der Waals surface area (Å²) < 4.78 is 0. The molecule has 0 fully saturated rings.